The summed E-state index contributed by atoms with van der Waals surface area (Å²) in [4.78, 5) is 0. The largest absolute Gasteiger partial charge is 0.178 e. The van der Waals surface area contributed by atoms with Crippen molar-refractivity contribution in [2.45, 2.75) is 108 Å². The Morgan fingerprint density at radius 3 is 2.62 bits per heavy atom. The van der Waals surface area contributed by atoms with Crippen LogP contribution in [0.25, 0.3) is 0 Å². The second-order valence-electron chi connectivity index (χ2n) is 8.57. The van der Waals surface area contributed by atoms with Crippen molar-refractivity contribution in [3.63, 3.8) is 0 Å². The van der Waals surface area contributed by atoms with Gasteiger partial charge in [0.05, 0.1) is 5.70 Å². The minimum absolute atomic E-state index is 0.0833. The predicted octanol–water partition coefficient (Wildman–Crippen LogP) is 7.27. The van der Waals surface area contributed by atoms with Crippen LogP contribution in [-0.4, -0.2) is 5.54 Å². The summed E-state index contributed by atoms with van der Waals surface area (Å²) < 4.78 is 0. The van der Waals surface area contributed by atoms with Crippen LogP contribution in [-0.2, 0) is 0 Å². The van der Waals surface area contributed by atoms with Crippen LogP contribution in [0.15, 0.2) is 33.1 Å². The minimum Gasteiger partial charge on any atom is -0.178 e. The second-order valence-corrected chi connectivity index (χ2v) is 8.57. The molecule has 0 bridgehead atoms. The molecule has 0 aromatic heterocycles. The lowest BCUT2D eigenvalue weighted by Gasteiger charge is -2.33. The summed E-state index contributed by atoms with van der Waals surface area (Å²) >= 11 is 0. The molecule has 0 amide bonds. The van der Waals surface area contributed by atoms with E-state index in [0.29, 0.717) is 0 Å². The topological polar surface area (TPSA) is 24.7 Å². The van der Waals surface area contributed by atoms with Crippen molar-refractivity contribution in [3.8, 4) is 0 Å². The van der Waals surface area contributed by atoms with Gasteiger partial charge in [0.15, 0.2) is 0 Å². The Labute approximate surface area is 147 Å². The molecule has 4 aliphatic carbocycles. The Morgan fingerprint density at radius 2 is 1.62 bits per heavy atom. The summed E-state index contributed by atoms with van der Waals surface area (Å²) in [6.45, 7) is 0. The third-order valence-corrected chi connectivity index (χ3v) is 7.01. The van der Waals surface area contributed by atoms with Gasteiger partial charge in [0.1, 0.15) is 5.54 Å². The summed E-state index contributed by atoms with van der Waals surface area (Å²) in [5.41, 5.74) is 4.82. The Kier molecular flexibility index (Phi) is 5.20. The summed E-state index contributed by atoms with van der Waals surface area (Å²) in [6.07, 6.45) is 23.8. The van der Waals surface area contributed by atoms with E-state index in [4.69, 9.17) is 10.2 Å². The van der Waals surface area contributed by atoms with E-state index in [1.54, 1.807) is 11.1 Å². The van der Waals surface area contributed by atoms with Crippen molar-refractivity contribution < 1.29 is 0 Å². The van der Waals surface area contributed by atoms with Crippen molar-refractivity contribution in [1.29, 1.82) is 0 Å². The third kappa shape index (κ3) is 3.39. The highest BCUT2D eigenvalue weighted by atomic mass is 15.2. The van der Waals surface area contributed by atoms with Crippen LogP contribution in [0.2, 0.25) is 0 Å². The third-order valence-electron chi connectivity index (χ3n) is 7.01. The Hall–Kier alpha value is -0.920. The highest BCUT2D eigenvalue weighted by molar-refractivity contribution is 5.25. The molecule has 2 unspecified atom stereocenters. The molecular formula is C22H34N2. The molecule has 24 heavy (non-hydrogen) atoms. The van der Waals surface area contributed by atoms with Gasteiger partial charge in [0.2, 0.25) is 0 Å². The average Bonchev–Trinajstić information content (AvgIpc) is 2.98. The number of hydrogen-bond donors (Lipinski definition) is 0. The molecule has 0 heterocycles. The summed E-state index contributed by atoms with van der Waals surface area (Å²) in [5, 5.41) is 10.2. The van der Waals surface area contributed by atoms with Crippen molar-refractivity contribution >= 4 is 0 Å². The van der Waals surface area contributed by atoms with Crippen LogP contribution in [0, 0.1) is 5.92 Å². The monoisotopic (exact) mass is 326 g/mol. The van der Waals surface area contributed by atoms with E-state index in [1.165, 1.54) is 108 Å². The molecule has 0 aromatic carbocycles. The highest BCUT2D eigenvalue weighted by Gasteiger charge is 2.37. The maximum atomic E-state index is 5.14. The molecule has 132 valence electrons. The van der Waals surface area contributed by atoms with E-state index >= 15 is 0 Å². The van der Waals surface area contributed by atoms with E-state index in [9.17, 15) is 0 Å². The van der Waals surface area contributed by atoms with Gasteiger partial charge in [-0.1, -0.05) is 31.8 Å². The van der Waals surface area contributed by atoms with Gasteiger partial charge in [0.25, 0.3) is 0 Å². The average molecular weight is 327 g/mol. The molecule has 0 aromatic rings. The molecule has 0 radical (unpaired) electrons. The highest BCUT2D eigenvalue weighted by Crippen LogP contribution is 2.44. The maximum Gasteiger partial charge on any atom is 0.103 e. The first-order valence-corrected chi connectivity index (χ1v) is 10.7. The molecule has 0 saturated heterocycles. The Balaban J connectivity index is 1.62. The van der Waals surface area contributed by atoms with Crippen molar-refractivity contribution in [1.82, 2.24) is 0 Å². The van der Waals surface area contributed by atoms with Crippen molar-refractivity contribution in [3.05, 3.63) is 22.9 Å². The molecule has 0 spiro atoms. The smallest absolute Gasteiger partial charge is 0.103 e. The molecule has 0 aliphatic heterocycles. The standard InChI is InChI=1S/C22H34N2/c1-3-10-18-11-9-15-21(20(18)14-5-1)23-24-22-16-7-2-4-12-19(22)13-6-8-17-22/h13,18H,1-12,14-17H2. The molecule has 0 N–H and O–H groups in total. The van der Waals surface area contributed by atoms with Crippen molar-refractivity contribution in [2.75, 3.05) is 0 Å². The van der Waals surface area contributed by atoms with Crippen LogP contribution in [0.4, 0.5) is 0 Å². The lowest BCUT2D eigenvalue weighted by Crippen LogP contribution is -2.30. The van der Waals surface area contributed by atoms with Crippen LogP contribution in [0.5, 0.6) is 0 Å². The maximum absolute atomic E-state index is 5.14. The second kappa shape index (κ2) is 7.54. The zero-order chi connectivity index (χ0) is 16.2. The van der Waals surface area contributed by atoms with Gasteiger partial charge in [0, 0.05) is 0 Å². The molecule has 2 fully saturated rings. The van der Waals surface area contributed by atoms with Crippen molar-refractivity contribution in [2.24, 2.45) is 16.1 Å². The molecule has 4 aliphatic rings. The number of allylic oxidation sites excluding steroid dienone is 3. The normalized spacial score (nSPS) is 35.0. The molecule has 2 atom stereocenters. The summed E-state index contributed by atoms with van der Waals surface area (Å²) in [5.74, 6) is 0.836. The van der Waals surface area contributed by atoms with Gasteiger partial charge in [-0.2, -0.15) is 10.2 Å². The Morgan fingerprint density at radius 1 is 0.792 bits per heavy atom. The van der Waals surface area contributed by atoms with Gasteiger partial charge in [-0.15, -0.1) is 0 Å². The number of rotatable bonds is 2. The van der Waals surface area contributed by atoms with Gasteiger partial charge < -0.3 is 0 Å². The molecule has 2 heteroatoms. The molecule has 2 nitrogen and oxygen atoms in total. The number of hydrogen-bond acceptors (Lipinski definition) is 2. The first-order valence-electron chi connectivity index (χ1n) is 10.7. The Bertz CT molecular complexity index is 542. The molecule has 4 rings (SSSR count). The zero-order valence-corrected chi connectivity index (χ0v) is 15.4. The van der Waals surface area contributed by atoms with Crippen LogP contribution >= 0.6 is 0 Å². The predicted molar refractivity (Wildman–Crippen MR) is 100 cm³/mol. The summed E-state index contributed by atoms with van der Waals surface area (Å²) in [6, 6.07) is 0. The van der Waals surface area contributed by atoms with E-state index in [-0.39, 0.29) is 5.54 Å². The first kappa shape index (κ1) is 16.5. The lowest BCUT2D eigenvalue weighted by atomic mass is 9.77. The fraction of sp³-hybridized carbons (Fsp3) is 0.818. The number of azo groups is 1. The van der Waals surface area contributed by atoms with E-state index in [0.717, 1.165) is 5.92 Å². The van der Waals surface area contributed by atoms with Gasteiger partial charge in [-0.3, -0.25) is 0 Å². The summed E-state index contributed by atoms with van der Waals surface area (Å²) in [7, 11) is 0. The lowest BCUT2D eigenvalue weighted by molar-refractivity contribution is 0.376. The van der Waals surface area contributed by atoms with Gasteiger partial charge in [-0.25, -0.2) is 0 Å². The van der Waals surface area contributed by atoms with Crippen LogP contribution in [0.1, 0.15) is 103 Å². The fourth-order valence-corrected chi connectivity index (χ4v) is 5.62. The molecular weight excluding hydrogens is 292 g/mol. The minimum atomic E-state index is 0.0833. The zero-order valence-electron chi connectivity index (χ0n) is 15.4. The van der Waals surface area contributed by atoms with Crippen LogP contribution in [0.3, 0.4) is 0 Å². The van der Waals surface area contributed by atoms with E-state index in [1.807, 2.05) is 0 Å². The van der Waals surface area contributed by atoms with Gasteiger partial charge >= 0.3 is 0 Å². The fourth-order valence-electron chi connectivity index (χ4n) is 5.62. The van der Waals surface area contributed by atoms with E-state index < -0.39 is 0 Å². The van der Waals surface area contributed by atoms with E-state index in [2.05, 4.69) is 6.08 Å². The molecule has 2 saturated carbocycles. The quantitative estimate of drug-likeness (QED) is 0.376. The first-order chi connectivity index (χ1) is 11.9. The number of fused-ring (bicyclic) bond motifs is 2. The SMILES string of the molecule is C1=C2CCCCCC2(N=NC2=C3CCCCCC3CCC2)CCC1. The number of nitrogens with zero attached hydrogens (tertiary/aromatic N) is 2. The van der Waals surface area contributed by atoms with Gasteiger partial charge in [-0.05, 0) is 94.1 Å². The van der Waals surface area contributed by atoms with Crippen LogP contribution < -0.4 is 0 Å².